The van der Waals surface area contributed by atoms with Crippen LogP contribution in [0.15, 0.2) is 48.5 Å². The molecule has 0 unspecified atom stereocenters. The highest BCUT2D eigenvalue weighted by Crippen LogP contribution is 2.36. The lowest BCUT2D eigenvalue weighted by atomic mass is 9.75. The lowest BCUT2D eigenvalue weighted by molar-refractivity contribution is -0.138. The van der Waals surface area contributed by atoms with Gasteiger partial charge in [-0.2, -0.15) is 26.3 Å². The van der Waals surface area contributed by atoms with E-state index < -0.39 is 35.4 Å². The highest BCUT2D eigenvalue weighted by atomic mass is 19.4. The molecule has 1 fully saturated rings. The molecule has 0 saturated heterocycles. The maximum atomic E-state index is 12.8. The minimum absolute atomic E-state index is 0.0369. The smallest absolute Gasteiger partial charge is 0.416 e. The summed E-state index contributed by atoms with van der Waals surface area (Å²) in [7, 11) is 0. The van der Waals surface area contributed by atoms with Crippen LogP contribution in [-0.2, 0) is 21.8 Å². The second-order valence-electron chi connectivity index (χ2n) is 9.68. The second kappa shape index (κ2) is 12.7. The van der Waals surface area contributed by atoms with E-state index in [4.69, 9.17) is 9.47 Å². The molecular formula is C28H30F6O4. The number of hydrogen-bond acceptors (Lipinski definition) is 4. The summed E-state index contributed by atoms with van der Waals surface area (Å²) in [6, 6.07) is 7.37. The van der Waals surface area contributed by atoms with Crippen LogP contribution < -0.4 is 0 Å². The molecule has 0 amide bonds. The van der Waals surface area contributed by atoms with E-state index in [0.29, 0.717) is 5.92 Å². The summed E-state index contributed by atoms with van der Waals surface area (Å²) in [6.45, 7) is 1.91. The van der Waals surface area contributed by atoms with Crippen molar-refractivity contribution >= 4 is 11.9 Å². The zero-order valence-electron chi connectivity index (χ0n) is 20.9. The zero-order chi connectivity index (χ0) is 27.9. The molecule has 0 aliphatic heterocycles. The van der Waals surface area contributed by atoms with Crippen molar-refractivity contribution in [3.63, 3.8) is 0 Å². The second-order valence-corrected chi connectivity index (χ2v) is 9.68. The molecule has 1 aliphatic rings. The van der Waals surface area contributed by atoms with Crippen molar-refractivity contribution < 1.29 is 45.4 Å². The van der Waals surface area contributed by atoms with Crippen molar-refractivity contribution in [2.45, 2.75) is 57.8 Å². The first-order valence-electron chi connectivity index (χ1n) is 12.6. The molecule has 0 radical (unpaired) electrons. The van der Waals surface area contributed by atoms with Gasteiger partial charge in [-0.15, -0.1) is 0 Å². The Balaban J connectivity index is 1.64. The molecule has 3 rings (SSSR count). The quantitative estimate of drug-likeness (QED) is 0.237. The summed E-state index contributed by atoms with van der Waals surface area (Å²) >= 11 is 0. The van der Waals surface area contributed by atoms with E-state index in [0.717, 1.165) is 87.1 Å². The number of hydrogen-bond donors (Lipinski definition) is 0. The molecule has 0 atom stereocenters. The van der Waals surface area contributed by atoms with Gasteiger partial charge in [0.15, 0.2) is 0 Å². The Hall–Kier alpha value is -3.04. The van der Waals surface area contributed by atoms with Gasteiger partial charge in [-0.1, -0.05) is 32.6 Å². The van der Waals surface area contributed by atoms with Crippen LogP contribution in [0.1, 0.15) is 77.3 Å². The van der Waals surface area contributed by atoms with E-state index in [2.05, 4.69) is 6.92 Å². The van der Waals surface area contributed by atoms with Gasteiger partial charge >= 0.3 is 24.3 Å². The molecule has 2 aromatic carbocycles. The van der Waals surface area contributed by atoms with Crippen molar-refractivity contribution in [3.05, 3.63) is 70.8 Å². The monoisotopic (exact) mass is 544 g/mol. The number of carbonyl (C=O) groups is 2. The van der Waals surface area contributed by atoms with Gasteiger partial charge in [0.2, 0.25) is 0 Å². The van der Waals surface area contributed by atoms with Crippen molar-refractivity contribution in [1.29, 1.82) is 0 Å². The van der Waals surface area contributed by atoms with Gasteiger partial charge in [0.05, 0.1) is 35.5 Å². The van der Waals surface area contributed by atoms with Gasteiger partial charge in [0.25, 0.3) is 0 Å². The fourth-order valence-corrected chi connectivity index (χ4v) is 4.80. The van der Waals surface area contributed by atoms with Gasteiger partial charge < -0.3 is 9.47 Å². The summed E-state index contributed by atoms with van der Waals surface area (Å²) < 4.78 is 87.6. The topological polar surface area (TPSA) is 52.6 Å². The Labute approximate surface area is 217 Å². The molecule has 1 saturated carbocycles. The van der Waals surface area contributed by atoms with Gasteiger partial charge in [0, 0.05) is 5.92 Å². The third-order valence-corrected chi connectivity index (χ3v) is 7.01. The molecular weight excluding hydrogens is 514 g/mol. The Kier molecular flexibility index (Phi) is 9.84. The van der Waals surface area contributed by atoms with Crippen LogP contribution in [0.4, 0.5) is 26.3 Å². The number of alkyl halides is 6. The van der Waals surface area contributed by atoms with E-state index >= 15 is 0 Å². The normalized spacial score (nSPS) is 18.3. The first-order chi connectivity index (χ1) is 17.9. The molecule has 0 heterocycles. The molecule has 208 valence electrons. The maximum absolute atomic E-state index is 12.8. The van der Waals surface area contributed by atoms with Crippen LogP contribution in [0.5, 0.6) is 0 Å². The van der Waals surface area contributed by atoms with Crippen LogP contribution in [0, 0.1) is 17.8 Å². The number of benzene rings is 2. The van der Waals surface area contributed by atoms with Crippen LogP contribution in [0.25, 0.3) is 0 Å². The largest absolute Gasteiger partial charge is 0.462 e. The standard InChI is InChI=1S/C28H30F6O4/c1-2-3-18-4-6-19(7-5-18)22(16-37-25(35)20-8-12-23(13-9-20)27(29,30)31)17-38-26(36)21-10-14-24(15-11-21)28(32,33)34/h8-15,18-19,22H,2-7,16-17H2,1H3. The van der Waals surface area contributed by atoms with Crippen molar-refractivity contribution in [2.75, 3.05) is 13.2 Å². The predicted octanol–water partition coefficient (Wildman–Crippen LogP) is 7.96. The first kappa shape index (κ1) is 29.5. The summed E-state index contributed by atoms with van der Waals surface area (Å²) in [5, 5.41) is 0. The minimum atomic E-state index is -4.53. The van der Waals surface area contributed by atoms with Gasteiger partial charge in [-0.05, 0) is 73.2 Å². The molecule has 2 aromatic rings. The molecule has 0 N–H and O–H groups in total. The van der Waals surface area contributed by atoms with E-state index in [1.807, 2.05) is 0 Å². The average molecular weight is 545 g/mol. The maximum Gasteiger partial charge on any atom is 0.416 e. The summed E-state index contributed by atoms with van der Waals surface area (Å²) in [5.74, 6) is -1.27. The van der Waals surface area contributed by atoms with Crippen LogP contribution in [0.2, 0.25) is 0 Å². The van der Waals surface area contributed by atoms with Crippen LogP contribution >= 0.6 is 0 Å². The number of esters is 2. The summed E-state index contributed by atoms with van der Waals surface area (Å²) in [6.07, 6.45) is -3.22. The van der Waals surface area contributed by atoms with Crippen molar-refractivity contribution in [1.82, 2.24) is 0 Å². The van der Waals surface area contributed by atoms with Crippen LogP contribution in [-0.4, -0.2) is 25.2 Å². The molecule has 0 aromatic heterocycles. The van der Waals surface area contributed by atoms with Gasteiger partial charge in [-0.3, -0.25) is 0 Å². The van der Waals surface area contributed by atoms with E-state index in [1.54, 1.807) is 0 Å². The molecule has 4 nitrogen and oxygen atoms in total. The third kappa shape index (κ3) is 8.23. The van der Waals surface area contributed by atoms with Gasteiger partial charge in [0.1, 0.15) is 0 Å². The Morgan fingerprint density at radius 2 is 1.13 bits per heavy atom. The fourth-order valence-electron chi connectivity index (χ4n) is 4.80. The lowest BCUT2D eigenvalue weighted by Crippen LogP contribution is -2.30. The van der Waals surface area contributed by atoms with E-state index in [-0.39, 0.29) is 36.2 Å². The van der Waals surface area contributed by atoms with Crippen molar-refractivity contribution in [2.24, 2.45) is 17.8 Å². The average Bonchev–Trinajstić information content (AvgIpc) is 2.88. The number of ether oxygens (including phenoxy) is 2. The molecule has 0 spiro atoms. The van der Waals surface area contributed by atoms with E-state index in [1.165, 1.54) is 0 Å². The van der Waals surface area contributed by atoms with E-state index in [9.17, 15) is 35.9 Å². The predicted molar refractivity (Wildman–Crippen MR) is 127 cm³/mol. The number of rotatable bonds is 9. The first-order valence-corrected chi connectivity index (χ1v) is 12.6. The minimum Gasteiger partial charge on any atom is -0.462 e. The Bertz CT molecular complexity index is 979. The third-order valence-electron chi connectivity index (χ3n) is 7.01. The highest BCUT2D eigenvalue weighted by Gasteiger charge is 2.32. The summed E-state index contributed by atoms with van der Waals surface area (Å²) in [5.41, 5.74) is -1.84. The molecule has 10 heteroatoms. The number of halogens is 6. The molecule has 38 heavy (non-hydrogen) atoms. The fraction of sp³-hybridized carbons (Fsp3) is 0.500. The molecule has 1 aliphatic carbocycles. The molecule has 0 bridgehead atoms. The lowest BCUT2D eigenvalue weighted by Gasteiger charge is -2.33. The SMILES string of the molecule is CCCC1CCC(C(COC(=O)c2ccc(C(F)(F)F)cc2)COC(=O)c2ccc(C(F)(F)F)cc2)CC1. The Morgan fingerprint density at radius 1 is 0.737 bits per heavy atom. The number of carbonyl (C=O) groups excluding carboxylic acids is 2. The highest BCUT2D eigenvalue weighted by molar-refractivity contribution is 5.90. The zero-order valence-corrected chi connectivity index (χ0v) is 20.9. The van der Waals surface area contributed by atoms with Crippen LogP contribution in [0.3, 0.4) is 0 Å². The van der Waals surface area contributed by atoms with Crippen molar-refractivity contribution in [3.8, 4) is 0 Å². The van der Waals surface area contributed by atoms with Gasteiger partial charge in [-0.25, -0.2) is 9.59 Å². The summed E-state index contributed by atoms with van der Waals surface area (Å²) in [4.78, 5) is 25.0. The Morgan fingerprint density at radius 3 is 1.47 bits per heavy atom.